The summed E-state index contributed by atoms with van der Waals surface area (Å²) in [6.45, 7) is 2.00. The molecule has 0 aromatic heterocycles. The Kier molecular flexibility index (Phi) is 3.24. The van der Waals surface area contributed by atoms with Crippen molar-refractivity contribution in [2.24, 2.45) is 5.92 Å². The van der Waals surface area contributed by atoms with Crippen LogP contribution in [0.3, 0.4) is 0 Å². The van der Waals surface area contributed by atoms with Gasteiger partial charge in [0, 0.05) is 12.5 Å². The van der Waals surface area contributed by atoms with E-state index < -0.39 is 11.9 Å². The lowest BCUT2D eigenvalue weighted by Gasteiger charge is -2.40. The molecule has 2 fully saturated rings. The fraction of sp³-hybridized carbons (Fsp3) is 0.500. The molecule has 0 bridgehead atoms. The Bertz CT molecular complexity index is 533. The largest absolute Gasteiger partial charge is 0.481 e. The molecule has 4 nitrogen and oxygen atoms in total. The van der Waals surface area contributed by atoms with Gasteiger partial charge in [-0.2, -0.15) is 0 Å². The topological polar surface area (TPSA) is 57.6 Å². The highest BCUT2D eigenvalue weighted by molar-refractivity contribution is 5.82. The van der Waals surface area contributed by atoms with E-state index in [0.717, 1.165) is 24.0 Å². The SMILES string of the molecule is Cc1ccc(C2C(C(=O)O)CCC(=O)N2C2CC2)cc1. The molecule has 1 heterocycles. The summed E-state index contributed by atoms with van der Waals surface area (Å²) in [5.74, 6) is -1.18. The molecule has 1 aromatic rings. The Morgan fingerprint density at radius 3 is 2.40 bits per heavy atom. The van der Waals surface area contributed by atoms with Crippen LogP contribution >= 0.6 is 0 Å². The number of benzene rings is 1. The van der Waals surface area contributed by atoms with Crippen LogP contribution in [0.15, 0.2) is 24.3 Å². The third kappa shape index (κ3) is 2.30. The highest BCUT2D eigenvalue weighted by atomic mass is 16.4. The summed E-state index contributed by atoms with van der Waals surface area (Å²) >= 11 is 0. The second kappa shape index (κ2) is 4.93. The maximum atomic E-state index is 12.2. The zero-order chi connectivity index (χ0) is 14.3. The van der Waals surface area contributed by atoms with Crippen LogP contribution in [-0.2, 0) is 9.59 Å². The third-order valence-corrected chi connectivity index (χ3v) is 4.31. The van der Waals surface area contributed by atoms with Crippen LogP contribution in [0.5, 0.6) is 0 Å². The highest BCUT2D eigenvalue weighted by Crippen LogP contribution is 2.43. The minimum atomic E-state index is -0.797. The number of carboxylic acids is 1. The van der Waals surface area contributed by atoms with Gasteiger partial charge in [0.1, 0.15) is 0 Å². The highest BCUT2D eigenvalue weighted by Gasteiger charge is 2.46. The minimum absolute atomic E-state index is 0.107. The van der Waals surface area contributed by atoms with E-state index in [1.54, 1.807) is 0 Å². The average molecular weight is 273 g/mol. The van der Waals surface area contributed by atoms with Crippen molar-refractivity contribution in [3.8, 4) is 0 Å². The van der Waals surface area contributed by atoms with E-state index in [9.17, 15) is 14.7 Å². The van der Waals surface area contributed by atoms with Gasteiger partial charge in [-0.3, -0.25) is 9.59 Å². The number of amides is 1. The second-order valence-electron chi connectivity index (χ2n) is 5.87. The maximum absolute atomic E-state index is 12.2. The second-order valence-corrected chi connectivity index (χ2v) is 5.87. The smallest absolute Gasteiger partial charge is 0.308 e. The van der Waals surface area contributed by atoms with Gasteiger partial charge in [0.2, 0.25) is 5.91 Å². The van der Waals surface area contributed by atoms with Crippen LogP contribution in [-0.4, -0.2) is 27.9 Å². The summed E-state index contributed by atoms with van der Waals surface area (Å²) in [4.78, 5) is 25.6. The van der Waals surface area contributed by atoms with Gasteiger partial charge in [0.25, 0.3) is 0 Å². The number of nitrogens with zero attached hydrogens (tertiary/aromatic N) is 1. The van der Waals surface area contributed by atoms with E-state index in [2.05, 4.69) is 0 Å². The van der Waals surface area contributed by atoms with Gasteiger partial charge in [0.15, 0.2) is 0 Å². The van der Waals surface area contributed by atoms with Crippen LogP contribution in [0.2, 0.25) is 0 Å². The molecule has 1 saturated heterocycles. The van der Waals surface area contributed by atoms with E-state index in [0.29, 0.717) is 12.8 Å². The molecule has 3 rings (SSSR count). The Labute approximate surface area is 118 Å². The van der Waals surface area contributed by atoms with Crippen LogP contribution in [0.25, 0.3) is 0 Å². The van der Waals surface area contributed by atoms with E-state index in [1.807, 2.05) is 36.1 Å². The van der Waals surface area contributed by atoms with Crippen molar-refractivity contribution in [1.82, 2.24) is 4.90 Å². The van der Waals surface area contributed by atoms with Gasteiger partial charge in [-0.05, 0) is 31.7 Å². The number of carboxylic acid groups (broad SMARTS) is 1. The molecule has 1 saturated carbocycles. The van der Waals surface area contributed by atoms with Crippen LogP contribution in [0.4, 0.5) is 0 Å². The maximum Gasteiger partial charge on any atom is 0.308 e. The van der Waals surface area contributed by atoms with Crippen LogP contribution < -0.4 is 0 Å². The van der Waals surface area contributed by atoms with E-state index in [-0.39, 0.29) is 18.0 Å². The molecule has 1 aliphatic carbocycles. The van der Waals surface area contributed by atoms with Crippen molar-refractivity contribution in [3.63, 3.8) is 0 Å². The molecule has 1 N–H and O–H groups in total. The molecule has 2 atom stereocenters. The molecule has 2 unspecified atom stereocenters. The van der Waals surface area contributed by atoms with Gasteiger partial charge in [-0.25, -0.2) is 0 Å². The summed E-state index contributed by atoms with van der Waals surface area (Å²) in [6.07, 6.45) is 2.80. The molecule has 4 heteroatoms. The lowest BCUT2D eigenvalue weighted by atomic mass is 9.84. The first-order chi connectivity index (χ1) is 9.58. The summed E-state index contributed by atoms with van der Waals surface area (Å²) in [7, 11) is 0. The first-order valence-electron chi connectivity index (χ1n) is 7.18. The van der Waals surface area contributed by atoms with Crippen molar-refractivity contribution in [2.45, 2.75) is 44.7 Å². The zero-order valence-corrected chi connectivity index (χ0v) is 11.6. The first-order valence-corrected chi connectivity index (χ1v) is 7.18. The van der Waals surface area contributed by atoms with Crippen molar-refractivity contribution in [1.29, 1.82) is 0 Å². The summed E-state index contributed by atoms with van der Waals surface area (Å²) in [5.41, 5.74) is 2.09. The van der Waals surface area contributed by atoms with Crippen molar-refractivity contribution in [3.05, 3.63) is 35.4 Å². The lowest BCUT2D eigenvalue weighted by Crippen LogP contribution is -2.46. The molecule has 1 aromatic carbocycles. The number of aliphatic carboxylic acids is 1. The monoisotopic (exact) mass is 273 g/mol. The van der Waals surface area contributed by atoms with Crippen LogP contribution in [0.1, 0.15) is 42.9 Å². The quantitative estimate of drug-likeness (QED) is 0.920. The van der Waals surface area contributed by atoms with Gasteiger partial charge in [-0.15, -0.1) is 0 Å². The molecule has 106 valence electrons. The zero-order valence-electron chi connectivity index (χ0n) is 11.6. The fourth-order valence-electron chi connectivity index (χ4n) is 3.11. The van der Waals surface area contributed by atoms with E-state index in [1.165, 1.54) is 0 Å². The Balaban J connectivity index is 2.00. The Morgan fingerprint density at radius 1 is 1.20 bits per heavy atom. The molecule has 1 amide bonds. The Morgan fingerprint density at radius 2 is 1.85 bits per heavy atom. The first kappa shape index (κ1) is 13.2. The van der Waals surface area contributed by atoms with Crippen molar-refractivity contribution in [2.75, 3.05) is 0 Å². The standard InChI is InChI=1S/C16H19NO3/c1-10-2-4-11(5-3-10)15-13(16(19)20)8-9-14(18)17(15)12-6-7-12/h2-5,12-13,15H,6-9H2,1H3,(H,19,20). The van der Waals surface area contributed by atoms with Gasteiger partial charge < -0.3 is 10.0 Å². The van der Waals surface area contributed by atoms with Crippen molar-refractivity contribution < 1.29 is 14.7 Å². The summed E-state index contributed by atoms with van der Waals surface area (Å²) < 4.78 is 0. The number of hydrogen-bond donors (Lipinski definition) is 1. The normalized spacial score (nSPS) is 26.6. The predicted molar refractivity (Wildman–Crippen MR) is 74.1 cm³/mol. The predicted octanol–water partition coefficient (Wildman–Crippen LogP) is 2.52. The number of likely N-dealkylation sites (tertiary alicyclic amines) is 1. The lowest BCUT2D eigenvalue weighted by molar-refractivity contribution is -0.152. The summed E-state index contributed by atoms with van der Waals surface area (Å²) in [5, 5.41) is 9.49. The van der Waals surface area contributed by atoms with Gasteiger partial charge in [-0.1, -0.05) is 29.8 Å². The fourth-order valence-corrected chi connectivity index (χ4v) is 3.11. The number of carbonyl (C=O) groups excluding carboxylic acids is 1. The Hall–Kier alpha value is -1.84. The molecule has 0 spiro atoms. The molecule has 2 aliphatic rings. The number of hydrogen-bond acceptors (Lipinski definition) is 2. The molecule has 0 radical (unpaired) electrons. The van der Waals surface area contributed by atoms with Crippen molar-refractivity contribution >= 4 is 11.9 Å². The van der Waals surface area contributed by atoms with E-state index in [4.69, 9.17) is 0 Å². The minimum Gasteiger partial charge on any atom is -0.481 e. The van der Waals surface area contributed by atoms with E-state index >= 15 is 0 Å². The number of rotatable bonds is 3. The van der Waals surface area contributed by atoms with Gasteiger partial charge in [0.05, 0.1) is 12.0 Å². The number of carbonyl (C=O) groups is 2. The average Bonchev–Trinajstić information content (AvgIpc) is 3.23. The number of aryl methyl sites for hydroxylation is 1. The van der Waals surface area contributed by atoms with Crippen LogP contribution in [0, 0.1) is 12.8 Å². The third-order valence-electron chi connectivity index (χ3n) is 4.31. The molecule has 20 heavy (non-hydrogen) atoms. The summed E-state index contributed by atoms with van der Waals surface area (Å²) in [6, 6.07) is 7.84. The molecular weight excluding hydrogens is 254 g/mol. The molecular formula is C16H19NO3. The van der Waals surface area contributed by atoms with Gasteiger partial charge >= 0.3 is 5.97 Å². The number of piperidine rings is 1. The molecule has 1 aliphatic heterocycles.